The van der Waals surface area contributed by atoms with Crippen LogP contribution in [0.2, 0.25) is 0 Å². The van der Waals surface area contributed by atoms with E-state index in [2.05, 4.69) is 15.9 Å². The van der Waals surface area contributed by atoms with Crippen LogP contribution in [0.15, 0.2) is 77.3 Å². The van der Waals surface area contributed by atoms with Crippen molar-refractivity contribution in [2.75, 3.05) is 14.2 Å². The van der Waals surface area contributed by atoms with Gasteiger partial charge in [-0.2, -0.15) is 0 Å². The Morgan fingerprint density at radius 1 is 0.800 bits per heavy atom. The van der Waals surface area contributed by atoms with Crippen molar-refractivity contribution in [1.82, 2.24) is 0 Å². The number of rotatable bonds is 7. The van der Waals surface area contributed by atoms with Crippen molar-refractivity contribution in [2.45, 2.75) is 0 Å². The Morgan fingerprint density at radius 2 is 1.47 bits per heavy atom. The SMILES string of the molecule is COc1ccc(C(=O)Oc2ccc(/C=C/C(=O)c3ccc(Br)cc3)cc2OC)cc1. The molecule has 0 aliphatic carbocycles. The molecule has 3 aromatic rings. The Morgan fingerprint density at radius 3 is 2.10 bits per heavy atom. The van der Waals surface area contributed by atoms with Gasteiger partial charge >= 0.3 is 5.97 Å². The van der Waals surface area contributed by atoms with Crippen LogP contribution in [0.4, 0.5) is 0 Å². The Hall–Kier alpha value is -3.38. The van der Waals surface area contributed by atoms with Gasteiger partial charge < -0.3 is 14.2 Å². The minimum atomic E-state index is -0.510. The lowest BCUT2D eigenvalue weighted by molar-refractivity contribution is 0.0729. The molecule has 0 radical (unpaired) electrons. The molecule has 0 aliphatic heterocycles. The van der Waals surface area contributed by atoms with Crippen LogP contribution in [0.1, 0.15) is 26.3 Å². The molecule has 0 bridgehead atoms. The first kappa shape index (κ1) is 21.3. The average Bonchev–Trinajstić information content (AvgIpc) is 2.78. The second kappa shape index (κ2) is 9.89. The zero-order valence-electron chi connectivity index (χ0n) is 16.4. The van der Waals surface area contributed by atoms with Crippen molar-refractivity contribution in [3.05, 3.63) is 94.0 Å². The highest BCUT2D eigenvalue weighted by Crippen LogP contribution is 2.29. The van der Waals surface area contributed by atoms with Crippen LogP contribution in [0.3, 0.4) is 0 Å². The summed E-state index contributed by atoms with van der Waals surface area (Å²) in [6, 6.07) is 18.8. The summed E-state index contributed by atoms with van der Waals surface area (Å²) >= 11 is 3.35. The molecule has 30 heavy (non-hydrogen) atoms. The van der Waals surface area contributed by atoms with E-state index >= 15 is 0 Å². The first-order valence-corrected chi connectivity index (χ1v) is 9.81. The maximum absolute atomic E-state index is 12.4. The van der Waals surface area contributed by atoms with E-state index in [1.54, 1.807) is 67.8 Å². The third-order valence-electron chi connectivity index (χ3n) is 4.27. The van der Waals surface area contributed by atoms with Gasteiger partial charge in [0.25, 0.3) is 0 Å². The van der Waals surface area contributed by atoms with E-state index < -0.39 is 5.97 Å². The van der Waals surface area contributed by atoms with Gasteiger partial charge in [-0.1, -0.05) is 28.1 Å². The van der Waals surface area contributed by atoms with Gasteiger partial charge in [-0.25, -0.2) is 4.79 Å². The first-order valence-electron chi connectivity index (χ1n) is 9.02. The molecule has 0 unspecified atom stereocenters. The third kappa shape index (κ3) is 5.36. The smallest absolute Gasteiger partial charge is 0.343 e. The molecular weight excluding hydrogens is 448 g/mol. The normalized spacial score (nSPS) is 10.6. The fraction of sp³-hybridized carbons (Fsp3) is 0.0833. The number of benzene rings is 3. The van der Waals surface area contributed by atoms with Crippen molar-refractivity contribution >= 4 is 33.8 Å². The van der Waals surface area contributed by atoms with E-state index in [0.717, 1.165) is 10.0 Å². The summed E-state index contributed by atoms with van der Waals surface area (Å²) in [5, 5.41) is 0. The Labute approximate surface area is 183 Å². The standard InChI is InChI=1S/C24H19BrO5/c1-28-20-11-7-18(8-12-20)24(27)30-22-14-4-16(15-23(22)29-2)3-13-21(26)17-5-9-19(25)10-6-17/h3-15H,1-2H3/b13-3+. The molecule has 0 fully saturated rings. The van der Waals surface area contributed by atoms with Crippen LogP contribution in [0.5, 0.6) is 17.2 Å². The quantitative estimate of drug-likeness (QED) is 0.197. The summed E-state index contributed by atoms with van der Waals surface area (Å²) in [5.74, 6) is 0.698. The number of halogens is 1. The van der Waals surface area contributed by atoms with Gasteiger partial charge in [0.1, 0.15) is 5.75 Å². The predicted molar refractivity (Wildman–Crippen MR) is 118 cm³/mol. The number of carbonyl (C=O) groups excluding carboxylic acids is 2. The molecule has 0 aromatic heterocycles. The second-order valence-electron chi connectivity index (χ2n) is 6.23. The first-order chi connectivity index (χ1) is 14.5. The lowest BCUT2D eigenvalue weighted by Crippen LogP contribution is -2.09. The van der Waals surface area contributed by atoms with E-state index in [9.17, 15) is 9.59 Å². The molecule has 0 N–H and O–H groups in total. The highest BCUT2D eigenvalue weighted by molar-refractivity contribution is 9.10. The van der Waals surface area contributed by atoms with Gasteiger partial charge in [0, 0.05) is 10.0 Å². The van der Waals surface area contributed by atoms with Gasteiger partial charge in [-0.3, -0.25) is 4.79 Å². The molecule has 152 valence electrons. The lowest BCUT2D eigenvalue weighted by atomic mass is 10.1. The molecule has 0 saturated heterocycles. The Balaban J connectivity index is 1.73. The molecular formula is C24H19BrO5. The number of ether oxygens (including phenoxy) is 3. The number of methoxy groups -OCH3 is 2. The molecule has 0 atom stereocenters. The molecule has 0 aliphatic rings. The van der Waals surface area contributed by atoms with Gasteiger partial charge in [0.05, 0.1) is 19.8 Å². The molecule has 0 amide bonds. The number of esters is 1. The zero-order chi connectivity index (χ0) is 21.5. The summed E-state index contributed by atoms with van der Waals surface area (Å²) in [5.41, 5.74) is 1.72. The van der Waals surface area contributed by atoms with Crippen molar-refractivity contribution < 1.29 is 23.8 Å². The number of ketones is 1. The minimum Gasteiger partial charge on any atom is -0.497 e. The van der Waals surface area contributed by atoms with Crippen molar-refractivity contribution in [2.24, 2.45) is 0 Å². The molecule has 0 heterocycles. The van der Waals surface area contributed by atoms with Crippen LogP contribution >= 0.6 is 15.9 Å². The highest BCUT2D eigenvalue weighted by atomic mass is 79.9. The number of hydrogen-bond donors (Lipinski definition) is 0. The molecule has 6 heteroatoms. The summed E-state index contributed by atoms with van der Waals surface area (Å²) in [6.07, 6.45) is 3.17. The average molecular weight is 467 g/mol. The van der Waals surface area contributed by atoms with Crippen molar-refractivity contribution in [3.63, 3.8) is 0 Å². The Kier molecular flexibility index (Phi) is 7.03. The number of hydrogen-bond acceptors (Lipinski definition) is 5. The van der Waals surface area contributed by atoms with Crippen LogP contribution < -0.4 is 14.2 Å². The Bertz CT molecular complexity index is 1070. The summed E-state index contributed by atoms with van der Waals surface area (Å²) in [7, 11) is 3.04. The van der Waals surface area contributed by atoms with E-state index in [-0.39, 0.29) is 11.5 Å². The maximum Gasteiger partial charge on any atom is 0.343 e. The molecule has 3 aromatic carbocycles. The van der Waals surface area contributed by atoms with E-state index in [1.165, 1.54) is 13.2 Å². The number of carbonyl (C=O) groups is 2. The van der Waals surface area contributed by atoms with Gasteiger partial charge in [0.2, 0.25) is 0 Å². The third-order valence-corrected chi connectivity index (χ3v) is 4.80. The fourth-order valence-corrected chi connectivity index (χ4v) is 2.90. The number of allylic oxidation sites excluding steroid dienone is 1. The predicted octanol–water partition coefficient (Wildman–Crippen LogP) is 5.58. The molecule has 0 spiro atoms. The van der Waals surface area contributed by atoms with Crippen LogP contribution in [0, 0.1) is 0 Å². The van der Waals surface area contributed by atoms with Gasteiger partial charge in [0.15, 0.2) is 17.3 Å². The zero-order valence-corrected chi connectivity index (χ0v) is 18.0. The van der Waals surface area contributed by atoms with Gasteiger partial charge in [-0.05, 0) is 72.3 Å². The van der Waals surface area contributed by atoms with Gasteiger partial charge in [-0.15, -0.1) is 0 Å². The van der Waals surface area contributed by atoms with Crippen molar-refractivity contribution in [1.29, 1.82) is 0 Å². The molecule has 3 rings (SSSR count). The van der Waals surface area contributed by atoms with E-state index in [0.29, 0.717) is 22.6 Å². The van der Waals surface area contributed by atoms with E-state index in [1.807, 2.05) is 12.1 Å². The van der Waals surface area contributed by atoms with E-state index in [4.69, 9.17) is 14.2 Å². The second-order valence-corrected chi connectivity index (χ2v) is 7.15. The topological polar surface area (TPSA) is 61.8 Å². The van der Waals surface area contributed by atoms with Crippen LogP contribution in [-0.4, -0.2) is 26.0 Å². The van der Waals surface area contributed by atoms with Crippen LogP contribution in [-0.2, 0) is 0 Å². The summed E-state index contributed by atoms with van der Waals surface area (Å²) in [4.78, 5) is 24.7. The monoisotopic (exact) mass is 466 g/mol. The summed E-state index contributed by atoms with van der Waals surface area (Å²) in [6.45, 7) is 0. The largest absolute Gasteiger partial charge is 0.497 e. The molecule has 5 nitrogen and oxygen atoms in total. The highest BCUT2D eigenvalue weighted by Gasteiger charge is 2.13. The minimum absolute atomic E-state index is 0.114. The fourth-order valence-electron chi connectivity index (χ4n) is 2.64. The molecule has 0 saturated carbocycles. The summed E-state index contributed by atoms with van der Waals surface area (Å²) < 4.78 is 16.8. The maximum atomic E-state index is 12.4. The lowest BCUT2D eigenvalue weighted by Gasteiger charge is -2.10. The van der Waals surface area contributed by atoms with Crippen molar-refractivity contribution in [3.8, 4) is 17.2 Å². The van der Waals surface area contributed by atoms with Crippen LogP contribution in [0.25, 0.3) is 6.08 Å².